The number of ether oxygens (including phenoxy) is 1. The zero-order chi connectivity index (χ0) is 18.9. The first-order chi connectivity index (χ1) is 12.2. The number of carbonyl (C=O) groups excluding carboxylic acids is 3. The number of carbonyl (C=O) groups is 3. The maximum Gasteiger partial charge on any atom is 0.321 e. The van der Waals surface area contributed by atoms with E-state index in [1.54, 1.807) is 0 Å². The second-order valence-corrected chi connectivity index (χ2v) is 9.17. The van der Waals surface area contributed by atoms with Crippen LogP contribution in [0.1, 0.15) is 58.8 Å². The molecule has 4 aliphatic rings. The van der Waals surface area contributed by atoms with Gasteiger partial charge in [-0.15, -0.1) is 0 Å². The van der Waals surface area contributed by atoms with Gasteiger partial charge in [-0.3, -0.25) is 14.9 Å². The topological polar surface area (TPSA) is 105 Å². The van der Waals surface area contributed by atoms with Gasteiger partial charge in [0.25, 0.3) is 5.91 Å². The third-order valence-electron chi connectivity index (χ3n) is 5.96. The third kappa shape index (κ3) is 4.55. The fourth-order valence-electron chi connectivity index (χ4n) is 5.62. The highest BCUT2D eigenvalue weighted by molar-refractivity contribution is 5.95. The lowest BCUT2D eigenvalue weighted by atomic mass is 9.47. The Morgan fingerprint density at radius 3 is 2.38 bits per heavy atom. The second kappa shape index (κ2) is 7.18. The lowest BCUT2D eigenvalue weighted by Crippen LogP contribution is -2.56. The van der Waals surface area contributed by atoms with E-state index < -0.39 is 30.1 Å². The van der Waals surface area contributed by atoms with Crippen molar-refractivity contribution in [3.63, 3.8) is 0 Å². The van der Waals surface area contributed by atoms with Gasteiger partial charge in [-0.2, -0.15) is 0 Å². The molecule has 0 aliphatic heterocycles. The monoisotopic (exact) mass is 366 g/mol. The molecule has 4 rings (SSSR count). The molecule has 0 saturated heterocycles. The molecule has 146 valence electrons. The summed E-state index contributed by atoms with van der Waals surface area (Å²) in [6.07, 6.45) is 5.70. The van der Waals surface area contributed by atoms with Gasteiger partial charge in [-0.05, 0) is 61.7 Å². The van der Waals surface area contributed by atoms with Crippen molar-refractivity contribution in [2.24, 2.45) is 23.2 Å². The second-order valence-electron chi connectivity index (χ2n) is 9.17. The van der Waals surface area contributed by atoms with Gasteiger partial charge in [0.1, 0.15) is 0 Å². The Morgan fingerprint density at radius 2 is 1.81 bits per heavy atom. The van der Waals surface area contributed by atoms with Crippen LogP contribution in [0.15, 0.2) is 0 Å². The Bertz CT molecular complexity index is 574. The molecule has 0 spiro atoms. The fourth-order valence-corrected chi connectivity index (χ4v) is 5.62. The molecule has 2 unspecified atom stereocenters. The number of hydrogen-bond donors (Lipinski definition) is 3. The Balaban J connectivity index is 1.43. The summed E-state index contributed by atoms with van der Waals surface area (Å²) in [5, 5.41) is 15.4. The van der Waals surface area contributed by atoms with E-state index in [4.69, 9.17) is 4.74 Å². The van der Waals surface area contributed by atoms with Crippen LogP contribution in [0.4, 0.5) is 4.79 Å². The van der Waals surface area contributed by atoms with Gasteiger partial charge in [0.2, 0.25) is 0 Å². The molecule has 0 aromatic heterocycles. The van der Waals surface area contributed by atoms with Gasteiger partial charge < -0.3 is 15.2 Å². The SMILES string of the molecule is CC(C)CNC(=O)NC(=O)COC(=O)CC12C[C@@H]3C[C@@H](CC(O)(C3)C1)C2. The standard InChI is InChI=1S/C19H30N2O5/c1-12(2)9-20-17(24)21-15(22)10-26-16(23)8-18-4-13-3-14(5-18)7-19(25,6-13)11-18/h12-14,25H,3-11H2,1-2H3,(H2,20,21,22,24)/t13-,14+,18?,19?. The number of aliphatic hydroxyl groups is 1. The molecule has 4 saturated carbocycles. The summed E-state index contributed by atoms with van der Waals surface area (Å²) < 4.78 is 5.09. The summed E-state index contributed by atoms with van der Waals surface area (Å²) in [5.41, 5.74) is -0.794. The maximum atomic E-state index is 12.3. The van der Waals surface area contributed by atoms with Crippen LogP contribution in [-0.4, -0.2) is 41.8 Å². The molecule has 0 heterocycles. The highest BCUT2D eigenvalue weighted by Crippen LogP contribution is 2.62. The first kappa shape index (κ1) is 19.1. The van der Waals surface area contributed by atoms with E-state index in [9.17, 15) is 19.5 Å². The fraction of sp³-hybridized carbons (Fsp3) is 0.842. The first-order valence-electron chi connectivity index (χ1n) is 9.63. The van der Waals surface area contributed by atoms with Gasteiger partial charge in [0.15, 0.2) is 6.61 Å². The van der Waals surface area contributed by atoms with E-state index in [1.807, 2.05) is 13.8 Å². The molecule has 0 radical (unpaired) electrons. The molecular weight excluding hydrogens is 336 g/mol. The van der Waals surface area contributed by atoms with Crippen LogP contribution in [0, 0.1) is 23.2 Å². The van der Waals surface area contributed by atoms with Crippen molar-refractivity contribution in [2.75, 3.05) is 13.2 Å². The van der Waals surface area contributed by atoms with E-state index in [-0.39, 0.29) is 17.8 Å². The average molecular weight is 366 g/mol. The lowest BCUT2D eigenvalue weighted by molar-refractivity contribution is -0.177. The van der Waals surface area contributed by atoms with Gasteiger partial charge in [0.05, 0.1) is 12.0 Å². The normalized spacial score (nSPS) is 34.6. The van der Waals surface area contributed by atoms with Crippen molar-refractivity contribution >= 4 is 17.9 Å². The van der Waals surface area contributed by atoms with E-state index in [1.165, 1.54) is 0 Å². The molecular formula is C19H30N2O5. The predicted molar refractivity (Wildman–Crippen MR) is 94.0 cm³/mol. The minimum Gasteiger partial charge on any atom is -0.456 e. The van der Waals surface area contributed by atoms with Crippen molar-refractivity contribution < 1.29 is 24.2 Å². The number of hydrogen-bond acceptors (Lipinski definition) is 5. The van der Waals surface area contributed by atoms with Crippen LogP contribution in [0.3, 0.4) is 0 Å². The third-order valence-corrected chi connectivity index (χ3v) is 5.96. The highest BCUT2D eigenvalue weighted by atomic mass is 16.5. The predicted octanol–water partition coefficient (Wildman–Crippen LogP) is 1.73. The summed E-state index contributed by atoms with van der Waals surface area (Å²) in [6, 6.07) is -0.581. The van der Waals surface area contributed by atoms with Gasteiger partial charge in [-0.25, -0.2) is 4.79 Å². The number of esters is 1. The molecule has 4 bridgehead atoms. The van der Waals surface area contributed by atoms with Crippen molar-refractivity contribution in [2.45, 2.75) is 64.4 Å². The number of nitrogens with one attached hydrogen (secondary N) is 2. The quantitative estimate of drug-likeness (QED) is 0.621. The Labute approximate surface area is 154 Å². The molecule has 7 heteroatoms. The molecule has 4 fully saturated rings. The van der Waals surface area contributed by atoms with Crippen molar-refractivity contribution in [1.29, 1.82) is 0 Å². The summed E-state index contributed by atoms with van der Waals surface area (Å²) in [7, 11) is 0. The lowest BCUT2D eigenvalue weighted by Gasteiger charge is -2.60. The summed E-state index contributed by atoms with van der Waals surface area (Å²) in [5.74, 6) is 0.227. The summed E-state index contributed by atoms with van der Waals surface area (Å²) in [6.45, 7) is 3.91. The molecule has 4 aliphatic carbocycles. The van der Waals surface area contributed by atoms with Gasteiger partial charge in [-0.1, -0.05) is 13.8 Å². The number of amides is 3. The van der Waals surface area contributed by atoms with Crippen LogP contribution in [-0.2, 0) is 14.3 Å². The number of rotatable bonds is 6. The van der Waals surface area contributed by atoms with Gasteiger partial charge >= 0.3 is 12.0 Å². The van der Waals surface area contributed by atoms with Crippen LogP contribution in [0.25, 0.3) is 0 Å². The van der Waals surface area contributed by atoms with E-state index >= 15 is 0 Å². The Morgan fingerprint density at radius 1 is 1.15 bits per heavy atom. The molecule has 4 atom stereocenters. The van der Waals surface area contributed by atoms with E-state index in [0.29, 0.717) is 24.8 Å². The smallest absolute Gasteiger partial charge is 0.321 e. The molecule has 0 aromatic carbocycles. The number of urea groups is 1. The minimum atomic E-state index is -0.635. The Kier molecular flexibility index (Phi) is 5.28. The zero-order valence-electron chi connectivity index (χ0n) is 15.7. The Hall–Kier alpha value is -1.63. The van der Waals surface area contributed by atoms with Crippen molar-refractivity contribution in [3.8, 4) is 0 Å². The van der Waals surface area contributed by atoms with Crippen LogP contribution < -0.4 is 10.6 Å². The summed E-state index contributed by atoms with van der Waals surface area (Å²) in [4.78, 5) is 35.5. The van der Waals surface area contributed by atoms with E-state index in [2.05, 4.69) is 10.6 Å². The molecule has 0 aromatic rings. The maximum absolute atomic E-state index is 12.3. The van der Waals surface area contributed by atoms with Crippen LogP contribution in [0.2, 0.25) is 0 Å². The van der Waals surface area contributed by atoms with Crippen LogP contribution in [0.5, 0.6) is 0 Å². The zero-order valence-corrected chi connectivity index (χ0v) is 15.7. The molecule has 3 amide bonds. The van der Waals surface area contributed by atoms with Gasteiger partial charge in [0, 0.05) is 6.54 Å². The molecule has 26 heavy (non-hydrogen) atoms. The van der Waals surface area contributed by atoms with Crippen molar-refractivity contribution in [1.82, 2.24) is 10.6 Å². The van der Waals surface area contributed by atoms with E-state index in [0.717, 1.165) is 32.1 Å². The molecule has 3 N–H and O–H groups in total. The highest BCUT2D eigenvalue weighted by Gasteiger charge is 2.57. The summed E-state index contributed by atoms with van der Waals surface area (Å²) >= 11 is 0. The van der Waals surface area contributed by atoms with Crippen molar-refractivity contribution in [3.05, 3.63) is 0 Å². The number of imide groups is 1. The minimum absolute atomic E-state index is 0.180. The largest absolute Gasteiger partial charge is 0.456 e. The average Bonchev–Trinajstić information content (AvgIpc) is 2.48. The first-order valence-corrected chi connectivity index (χ1v) is 9.63. The van der Waals surface area contributed by atoms with Crippen LogP contribution >= 0.6 is 0 Å². The molecule has 7 nitrogen and oxygen atoms in total.